The zero-order valence-corrected chi connectivity index (χ0v) is 21.3. The molecule has 1 N–H and O–H groups in total. The first kappa shape index (κ1) is 25.3. The Morgan fingerprint density at radius 1 is 1.00 bits per heavy atom. The molecule has 180 valence electrons. The van der Waals surface area contributed by atoms with Gasteiger partial charge in [0.05, 0.1) is 47.4 Å². The van der Waals surface area contributed by atoms with Gasteiger partial charge in [-0.3, -0.25) is 4.79 Å². The lowest BCUT2D eigenvalue weighted by Crippen LogP contribution is -2.37. The van der Waals surface area contributed by atoms with E-state index in [1.165, 1.54) is 0 Å². The minimum Gasteiger partial charge on any atom is -0.375 e. The number of hydrogen-bond acceptors (Lipinski definition) is 3. The fourth-order valence-electron chi connectivity index (χ4n) is 3.65. The van der Waals surface area contributed by atoms with E-state index < -0.39 is 0 Å². The average Bonchev–Trinajstić information content (AvgIpc) is 3.29. The number of ether oxygens (including phenoxy) is 1. The fraction of sp³-hybridized carbons (Fsp3) is 0.185. The molecular formula is C27H24Cl3N3O2. The van der Waals surface area contributed by atoms with Crippen LogP contribution in [0.4, 0.5) is 0 Å². The summed E-state index contributed by atoms with van der Waals surface area (Å²) in [6.07, 6.45) is 2.26. The van der Waals surface area contributed by atoms with Gasteiger partial charge in [0, 0.05) is 15.6 Å². The van der Waals surface area contributed by atoms with Gasteiger partial charge in [-0.1, -0.05) is 84.2 Å². The van der Waals surface area contributed by atoms with Crippen molar-refractivity contribution >= 4 is 40.7 Å². The molecule has 0 saturated carbocycles. The average molecular weight is 529 g/mol. The number of hydrogen-bond donors (Lipinski definition) is 1. The van der Waals surface area contributed by atoms with Gasteiger partial charge in [0.2, 0.25) is 0 Å². The molecule has 0 spiro atoms. The van der Waals surface area contributed by atoms with Crippen molar-refractivity contribution in [3.63, 3.8) is 0 Å². The third-order valence-corrected chi connectivity index (χ3v) is 6.32. The highest BCUT2D eigenvalue weighted by Gasteiger charge is 2.23. The third-order valence-electron chi connectivity index (χ3n) is 5.53. The standard InChI is InChI=1S/C27H24Cl3N3O2/c1-2-22(17-35-16-18-6-4-3-5-7-18)32-27(34)23-15-31-33(25-13-12-21(29)14-24(25)30)26(23)19-8-10-20(28)11-9-19/h3-15,22H,2,16-17H2,1H3,(H,32,34)/t22-/m1/s1. The first-order valence-corrected chi connectivity index (χ1v) is 12.3. The van der Waals surface area contributed by atoms with Crippen LogP contribution < -0.4 is 5.32 Å². The SMILES string of the molecule is CC[C@H](COCc1ccccc1)NC(=O)c1cnn(-c2ccc(Cl)cc2Cl)c1-c1ccc(Cl)cc1. The van der Waals surface area contributed by atoms with Gasteiger partial charge in [-0.15, -0.1) is 0 Å². The molecule has 1 aromatic heterocycles. The van der Waals surface area contributed by atoms with E-state index in [2.05, 4.69) is 10.4 Å². The van der Waals surface area contributed by atoms with Crippen molar-refractivity contribution < 1.29 is 9.53 Å². The minimum absolute atomic E-state index is 0.160. The van der Waals surface area contributed by atoms with E-state index in [0.717, 1.165) is 11.1 Å². The predicted molar refractivity (Wildman–Crippen MR) is 142 cm³/mol. The number of carbonyl (C=O) groups is 1. The van der Waals surface area contributed by atoms with Crippen LogP contribution in [0.25, 0.3) is 16.9 Å². The van der Waals surface area contributed by atoms with Crippen molar-refractivity contribution in [1.82, 2.24) is 15.1 Å². The zero-order valence-electron chi connectivity index (χ0n) is 19.0. The van der Waals surface area contributed by atoms with Crippen LogP contribution in [-0.4, -0.2) is 28.3 Å². The van der Waals surface area contributed by atoms with E-state index in [9.17, 15) is 4.79 Å². The Bertz CT molecular complexity index is 1290. The van der Waals surface area contributed by atoms with Crippen molar-refractivity contribution in [1.29, 1.82) is 0 Å². The second-order valence-corrected chi connectivity index (χ2v) is 9.28. The second kappa shape index (κ2) is 11.7. The van der Waals surface area contributed by atoms with Crippen LogP contribution in [-0.2, 0) is 11.3 Å². The van der Waals surface area contributed by atoms with Crippen molar-refractivity contribution in [3.8, 4) is 16.9 Å². The molecule has 5 nitrogen and oxygen atoms in total. The molecule has 0 fully saturated rings. The van der Waals surface area contributed by atoms with Gasteiger partial charge in [-0.05, 0) is 42.3 Å². The zero-order chi connectivity index (χ0) is 24.8. The van der Waals surface area contributed by atoms with Crippen LogP contribution in [0, 0.1) is 0 Å². The molecule has 0 saturated heterocycles. The van der Waals surface area contributed by atoms with Crippen molar-refractivity contribution in [2.24, 2.45) is 0 Å². The van der Waals surface area contributed by atoms with Gasteiger partial charge in [0.15, 0.2) is 0 Å². The molecule has 1 atom stereocenters. The summed E-state index contributed by atoms with van der Waals surface area (Å²) in [7, 11) is 0. The number of nitrogens with zero attached hydrogens (tertiary/aromatic N) is 2. The Kier molecular flexibility index (Phi) is 8.47. The molecule has 35 heavy (non-hydrogen) atoms. The molecule has 0 aliphatic carbocycles. The monoisotopic (exact) mass is 527 g/mol. The van der Waals surface area contributed by atoms with Crippen LogP contribution in [0.1, 0.15) is 29.3 Å². The van der Waals surface area contributed by atoms with E-state index in [1.54, 1.807) is 41.2 Å². The quantitative estimate of drug-likeness (QED) is 0.249. The summed E-state index contributed by atoms with van der Waals surface area (Å²) in [4.78, 5) is 13.4. The summed E-state index contributed by atoms with van der Waals surface area (Å²) in [6, 6.07) is 22.1. The molecule has 1 amide bonds. The summed E-state index contributed by atoms with van der Waals surface area (Å²) < 4.78 is 7.50. The Hall–Kier alpha value is -2.83. The lowest BCUT2D eigenvalue weighted by atomic mass is 10.1. The molecule has 1 heterocycles. The van der Waals surface area contributed by atoms with Crippen LogP contribution >= 0.6 is 34.8 Å². The van der Waals surface area contributed by atoms with Gasteiger partial charge in [0.25, 0.3) is 5.91 Å². The number of aromatic nitrogens is 2. The number of benzene rings is 3. The number of amides is 1. The first-order valence-electron chi connectivity index (χ1n) is 11.2. The maximum absolute atomic E-state index is 13.4. The number of carbonyl (C=O) groups excluding carboxylic acids is 1. The van der Waals surface area contributed by atoms with Crippen molar-refractivity contribution in [2.75, 3.05) is 6.61 Å². The summed E-state index contributed by atoms with van der Waals surface area (Å²) >= 11 is 18.7. The largest absolute Gasteiger partial charge is 0.375 e. The van der Waals surface area contributed by atoms with Crippen LogP contribution in [0.5, 0.6) is 0 Å². The highest BCUT2D eigenvalue weighted by Crippen LogP contribution is 2.32. The third kappa shape index (κ3) is 6.24. The summed E-state index contributed by atoms with van der Waals surface area (Å²) in [5.74, 6) is -0.249. The van der Waals surface area contributed by atoms with Gasteiger partial charge < -0.3 is 10.1 Å². The molecule has 4 aromatic rings. The number of rotatable bonds is 9. The lowest BCUT2D eigenvalue weighted by Gasteiger charge is -2.18. The normalized spacial score (nSPS) is 11.9. The Balaban J connectivity index is 1.59. The highest BCUT2D eigenvalue weighted by atomic mass is 35.5. The van der Waals surface area contributed by atoms with E-state index >= 15 is 0 Å². The topological polar surface area (TPSA) is 56.1 Å². The number of halogens is 3. The summed E-state index contributed by atoms with van der Waals surface area (Å²) in [6.45, 7) is 2.88. The molecule has 8 heteroatoms. The van der Waals surface area contributed by atoms with Crippen LogP contribution in [0.15, 0.2) is 79.0 Å². The van der Waals surface area contributed by atoms with Gasteiger partial charge in [0.1, 0.15) is 0 Å². The van der Waals surface area contributed by atoms with Gasteiger partial charge >= 0.3 is 0 Å². The Morgan fingerprint density at radius 3 is 2.40 bits per heavy atom. The molecule has 0 aliphatic heterocycles. The molecule has 0 bridgehead atoms. The maximum Gasteiger partial charge on any atom is 0.255 e. The Labute approximate surface area is 219 Å². The van der Waals surface area contributed by atoms with Gasteiger partial charge in [-0.2, -0.15) is 5.10 Å². The first-order chi connectivity index (χ1) is 17.0. The maximum atomic E-state index is 13.4. The van der Waals surface area contributed by atoms with E-state index in [4.69, 9.17) is 39.5 Å². The molecule has 3 aromatic carbocycles. The molecule has 0 unspecified atom stereocenters. The van der Waals surface area contributed by atoms with Crippen molar-refractivity contribution in [2.45, 2.75) is 26.0 Å². The highest BCUT2D eigenvalue weighted by molar-refractivity contribution is 6.35. The fourth-order valence-corrected chi connectivity index (χ4v) is 4.27. The second-order valence-electron chi connectivity index (χ2n) is 8.00. The molecule has 0 radical (unpaired) electrons. The van der Waals surface area contributed by atoms with E-state index in [-0.39, 0.29) is 11.9 Å². The smallest absolute Gasteiger partial charge is 0.255 e. The van der Waals surface area contributed by atoms with E-state index in [1.807, 2.05) is 49.4 Å². The minimum atomic E-state index is -0.249. The number of nitrogens with one attached hydrogen (secondary N) is 1. The summed E-state index contributed by atoms with van der Waals surface area (Å²) in [5.41, 5.74) is 3.48. The lowest BCUT2D eigenvalue weighted by molar-refractivity contribution is 0.0792. The van der Waals surface area contributed by atoms with Crippen LogP contribution in [0.2, 0.25) is 15.1 Å². The summed E-state index contributed by atoms with van der Waals surface area (Å²) in [5, 5.41) is 9.10. The van der Waals surface area contributed by atoms with Gasteiger partial charge in [-0.25, -0.2) is 4.68 Å². The van der Waals surface area contributed by atoms with Crippen molar-refractivity contribution in [3.05, 3.63) is 105 Å². The molecular weight excluding hydrogens is 505 g/mol. The molecule has 0 aliphatic rings. The Morgan fingerprint density at radius 2 is 1.71 bits per heavy atom. The predicted octanol–water partition coefficient (Wildman–Crippen LogP) is 7.22. The van der Waals surface area contributed by atoms with Crippen LogP contribution in [0.3, 0.4) is 0 Å². The van der Waals surface area contributed by atoms with E-state index in [0.29, 0.717) is 51.6 Å². The molecule has 4 rings (SSSR count).